The van der Waals surface area contributed by atoms with Crippen LogP contribution < -0.4 is 4.74 Å². The van der Waals surface area contributed by atoms with Gasteiger partial charge in [0.1, 0.15) is 16.5 Å². The molecule has 1 atom stereocenters. The Kier molecular flexibility index (Phi) is 6.53. The lowest BCUT2D eigenvalue weighted by Gasteiger charge is -2.26. The lowest BCUT2D eigenvalue weighted by molar-refractivity contribution is -0.147. The van der Waals surface area contributed by atoms with Crippen LogP contribution in [-0.2, 0) is 16.0 Å². The second-order valence-electron chi connectivity index (χ2n) is 7.28. The van der Waals surface area contributed by atoms with Gasteiger partial charge in [-0.3, -0.25) is 9.59 Å². The van der Waals surface area contributed by atoms with Crippen LogP contribution in [0.5, 0.6) is 5.75 Å². The second kappa shape index (κ2) is 8.45. The quantitative estimate of drug-likeness (QED) is 0.737. The van der Waals surface area contributed by atoms with Crippen molar-refractivity contribution in [2.45, 2.75) is 40.5 Å². The highest BCUT2D eigenvalue weighted by atomic mass is 32.1. The van der Waals surface area contributed by atoms with Crippen molar-refractivity contribution in [1.29, 1.82) is 0 Å². The van der Waals surface area contributed by atoms with E-state index in [1.54, 1.807) is 0 Å². The minimum absolute atomic E-state index is 0.0226. The molecule has 0 amide bonds. The number of ketones is 1. The molecule has 6 heteroatoms. The predicted molar refractivity (Wildman–Crippen MR) is 103 cm³/mol. The topological polar surface area (TPSA) is 76.5 Å². The largest absolute Gasteiger partial charge is 0.494 e. The average Bonchev–Trinajstić information content (AvgIpc) is 3.00. The summed E-state index contributed by atoms with van der Waals surface area (Å²) in [6, 6.07) is 7.67. The van der Waals surface area contributed by atoms with E-state index in [-0.39, 0.29) is 18.6 Å². The monoisotopic (exact) mass is 375 g/mol. The molecule has 0 aliphatic carbocycles. The molecule has 5 nitrogen and oxygen atoms in total. The van der Waals surface area contributed by atoms with E-state index >= 15 is 0 Å². The van der Waals surface area contributed by atoms with Crippen molar-refractivity contribution in [2.75, 3.05) is 6.61 Å². The molecule has 0 unspecified atom stereocenters. The molecule has 2 aromatic rings. The number of nitrogens with zero attached hydrogens (tertiary/aromatic N) is 1. The van der Waals surface area contributed by atoms with E-state index < -0.39 is 17.3 Å². The number of hydrogen-bond acceptors (Lipinski definition) is 5. The van der Waals surface area contributed by atoms with Crippen LogP contribution in [0.3, 0.4) is 0 Å². The number of carbonyl (C=O) groups excluding carboxylic acids is 1. The smallest absolute Gasteiger partial charge is 0.307 e. The number of aliphatic carboxylic acids is 1. The Morgan fingerprint density at radius 1 is 1.23 bits per heavy atom. The zero-order chi connectivity index (χ0) is 19.3. The number of aromatic nitrogens is 1. The van der Waals surface area contributed by atoms with Crippen molar-refractivity contribution >= 4 is 23.1 Å². The number of ether oxygens (including phenoxy) is 1. The Morgan fingerprint density at radius 3 is 2.42 bits per heavy atom. The van der Waals surface area contributed by atoms with Gasteiger partial charge < -0.3 is 9.84 Å². The molecule has 26 heavy (non-hydrogen) atoms. The van der Waals surface area contributed by atoms with Crippen LogP contribution in [-0.4, -0.2) is 28.4 Å². The van der Waals surface area contributed by atoms with Gasteiger partial charge in [0.05, 0.1) is 18.2 Å². The minimum atomic E-state index is -0.931. The molecule has 1 N–H and O–H groups in total. The van der Waals surface area contributed by atoms with Crippen LogP contribution in [0.25, 0.3) is 10.6 Å². The highest BCUT2D eigenvalue weighted by Crippen LogP contribution is 2.30. The third-order valence-electron chi connectivity index (χ3n) is 4.12. The van der Waals surface area contributed by atoms with Gasteiger partial charge in [-0.25, -0.2) is 4.98 Å². The van der Waals surface area contributed by atoms with Gasteiger partial charge in [-0.15, -0.1) is 11.3 Å². The van der Waals surface area contributed by atoms with Crippen LogP contribution in [0.1, 0.15) is 39.8 Å². The Bertz CT molecular complexity index is 759. The molecule has 0 aliphatic rings. The SMILES string of the molecule is CCOc1ccc(-c2nc(CC(=O)C[C@H](C(=O)O)C(C)(C)C)cs2)cc1. The number of carboxylic acid groups (broad SMARTS) is 1. The molecule has 0 saturated heterocycles. The van der Waals surface area contributed by atoms with Crippen LogP contribution >= 0.6 is 11.3 Å². The zero-order valence-corrected chi connectivity index (χ0v) is 16.4. The summed E-state index contributed by atoms with van der Waals surface area (Å²) >= 11 is 1.47. The van der Waals surface area contributed by atoms with Crippen molar-refractivity contribution < 1.29 is 19.4 Å². The fourth-order valence-electron chi connectivity index (χ4n) is 2.65. The molecular weight excluding hydrogens is 350 g/mol. The molecule has 0 saturated carbocycles. The number of carboxylic acids is 1. The third kappa shape index (κ3) is 5.39. The first-order valence-corrected chi connectivity index (χ1v) is 9.50. The van der Waals surface area contributed by atoms with Crippen molar-refractivity contribution in [2.24, 2.45) is 11.3 Å². The van der Waals surface area contributed by atoms with Crippen LogP contribution in [0.2, 0.25) is 0 Å². The van der Waals surface area contributed by atoms with Gasteiger partial charge >= 0.3 is 5.97 Å². The Morgan fingerprint density at radius 2 is 1.88 bits per heavy atom. The molecule has 1 heterocycles. The second-order valence-corrected chi connectivity index (χ2v) is 8.14. The molecule has 1 aromatic carbocycles. The molecule has 2 rings (SSSR count). The molecule has 0 bridgehead atoms. The van der Waals surface area contributed by atoms with Crippen molar-refractivity contribution in [3.8, 4) is 16.3 Å². The highest BCUT2D eigenvalue weighted by molar-refractivity contribution is 7.13. The van der Waals surface area contributed by atoms with Gasteiger partial charge in [0.25, 0.3) is 0 Å². The molecule has 0 fully saturated rings. The van der Waals surface area contributed by atoms with Crippen molar-refractivity contribution in [1.82, 2.24) is 4.98 Å². The van der Waals surface area contributed by atoms with Crippen LogP contribution in [0, 0.1) is 11.3 Å². The van der Waals surface area contributed by atoms with Gasteiger partial charge in [-0.2, -0.15) is 0 Å². The van der Waals surface area contributed by atoms with Crippen LogP contribution in [0.15, 0.2) is 29.6 Å². The fourth-order valence-corrected chi connectivity index (χ4v) is 3.47. The zero-order valence-electron chi connectivity index (χ0n) is 15.6. The number of Topliss-reactive ketones (excluding diaryl/α,β-unsaturated/α-hetero) is 1. The Labute approximate surface area is 158 Å². The first kappa shape index (κ1) is 20.1. The summed E-state index contributed by atoms with van der Waals surface area (Å²) in [5, 5.41) is 12.1. The summed E-state index contributed by atoms with van der Waals surface area (Å²) < 4.78 is 5.43. The van der Waals surface area contributed by atoms with Crippen molar-refractivity contribution in [3.05, 3.63) is 35.3 Å². The standard InChI is InChI=1S/C20H25NO4S/c1-5-25-16-8-6-13(7-9-16)18-21-14(12-26-18)10-15(22)11-17(19(23)24)20(2,3)4/h6-9,12,17H,5,10-11H2,1-4H3,(H,23,24)/t17-/m1/s1. The Hall–Kier alpha value is -2.21. The van der Waals surface area contributed by atoms with E-state index in [1.807, 2.05) is 57.3 Å². The maximum absolute atomic E-state index is 12.3. The summed E-state index contributed by atoms with van der Waals surface area (Å²) in [6.07, 6.45) is 0.183. The molecule has 0 spiro atoms. The number of thiazole rings is 1. The molecule has 0 radical (unpaired) electrons. The maximum Gasteiger partial charge on any atom is 0.307 e. The lowest BCUT2D eigenvalue weighted by Crippen LogP contribution is -2.31. The van der Waals surface area contributed by atoms with Crippen LogP contribution in [0.4, 0.5) is 0 Å². The Balaban J connectivity index is 2.03. The first-order chi connectivity index (χ1) is 12.2. The maximum atomic E-state index is 12.3. The summed E-state index contributed by atoms with van der Waals surface area (Å²) in [7, 11) is 0. The van der Waals surface area contributed by atoms with Gasteiger partial charge in [0.2, 0.25) is 0 Å². The fraction of sp³-hybridized carbons (Fsp3) is 0.450. The van der Waals surface area contributed by atoms with E-state index in [1.165, 1.54) is 11.3 Å². The number of hydrogen-bond donors (Lipinski definition) is 1. The predicted octanol–water partition coefficient (Wildman–Crippen LogP) is 4.46. The van der Waals surface area contributed by atoms with E-state index in [0.29, 0.717) is 12.3 Å². The van der Waals surface area contributed by atoms with E-state index in [9.17, 15) is 14.7 Å². The van der Waals surface area contributed by atoms with Gasteiger partial charge in [0, 0.05) is 23.8 Å². The van der Waals surface area contributed by atoms with E-state index in [2.05, 4.69) is 4.98 Å². The van der Waals surface area contributed by atoms with E-state index in [4.69, 9.17) is 4.74 Å². The van der Waals surface area contributed by atoms with E-state index in [0.717, 1.165) is 16.3 Å². The number of rotatable bonds is 8. The lowest BCUT2D eigenvalue weighted by atomic mass is 9.77. The molecule has 140 valence electrons. The molecule has 1 aromatic heterocycles. The summed E-state index contributed by atoms with van der Waals surface area (Å²) in [4.78, 5) is 28.3. The molecular formula is C20H25NO4S. The third-order valence-corrected chi connectivity index (χ3v) is 5.06. The molecule has 0 aliphatic heterocycles. The summed E-state index contributed by atoms with van der Waals surface area (Å²) in [5.74, 6) is -0.917. The first-order valence-electron chi connectivity index (χ1n) is 8.63. The average molecular weight is 375 g/mol. The minimum Gasteiger partial charge on any atom is -0.494 e. The number of benzene rings is 1. The summed E-state index contributed by atoms with van der Waals surface area (Å²) in [6.45, 7) is 8.07. The normalized spacial score (nSPS) is 12.6. The highest BCUT2D eigenvalue weighted by Gasteiger charge is 2.33. The van der Waals surface area contributed by atoms with Gasteiger partial charge in [-0.05, 0) is 36.6 Å². The number of carbonyl (C=O) groups is 2. The summed E-state index contributed by atoms with van der Waals surface area (Å²) in [5.41, 5.74) is 1.19. The van der Waals surface area contributed by atoms with Gasteiger partial charge in [0.15, 0.2) is 0 Å². The van der Waals surface area contributed by atoms with Crippen molar-refractivity contribution in [3.63, 3.8) is 0 Å². The van der Waals surface area contributed by atoms with Gasteiger partial charge in [-0.1, -0.05) is 20.8 Å².